The lowest BCUT2D eigenvalue weighted by molar-refractivity contribution is 0.415. The second kappa shape index (κ2) is 5.50. The molecule has 3 nitrogen and oxygen atoms in total. The van der Waals surface area contributed by atoms with Crippen molar-refractivity contribution in [2.45, 2.75) is 0 Å². The maximum absolute atomic E-state index is 6.13. The van der Waals surface area contributed by atoms with Crippen LogP contribution in [-0.2, 0) is 0 Å². The molecule has 2 aromatic carbocycles. The molecule has 2 aromatic rings. The fraction of sp³-hybridized carbons (Fsp3) is 0.0769. The van der Waals surface area contributed by atoms with Crippen LogP contribution in [0.2, 0.25) is 5.02 Å². The van der Waals surface area contributed by atoms with Gasteiger partial charge in [-0.2, -0.15) is 0 Å². The molecule has 0 fully saturated rings. The minimum Gasteiger partial charge on any atom is -0.497 e. The van der Waals surface area contributed by atoms with E-state index in [0.717, 1.165) is 21.6 Å². The summed E-state index contributed by atoms with van der Waals surface area (Å²) in [4.78, 5) is 0. The quantitative estimate of drug-likeness (QED) is 0.819. The molecule has 5 heteroatoms. The number of rotatable bonds is 3. The topological polar surface area (TPSA) is 47.3 Å². The third kappa shape index (κ3) is 2.89. The van der Waals surface area contributed by atoms with Gasteiger partial charge in [-0.05, 0) is 46.3 Å². The highest BCUT2D eigenvalue weighted by molar-refractivity contribution is 9.10. The zero-order valence-electron chi connectivity index (χ0n) is 9.71. The van der Waals surface area contributed by atoms with E-state index >= 15 is 0 Å². The first-order chi connectivity index (χ1) is 8.60. The fourth-order valence-corrected chi connectivity index (χ4v) is 2.17. The lowest BCUT2D eigenvalue weighted by Gasteiger charge is -2.12. The summed E-state index contributed by atoms with van der Waals surface area (Å²) in [6, 6.07) is 11.0. The summed E-state index contributed by atoms with van der Waals surface area (Å²) in [5.41, 5.74) is 8.06. The van der Waals surface area contributed by atoms with Crippen LogP contribution in [0.25, 0.3) is 0 Å². The van der Waals surface area contributed by atoms with Gasteiger partial charge in [0.2, 0.25) is 0 Å². The number of nitrogen functional groups attached to an aromatic ring is 1. The Hall–Kier alpha value is -1.39. The van der Waals surface area contributed by atoms with Gasteiger partial charge in [0.05, 0.1) is 23.5 Å². The number of ether oxygens (including phenoxy) is 1. The molecule has 0 atom stereocenters. The molecule has 0 bridgehead atoms. The standard InChI is InChI=1S/C13H12BrClN2O/c1-18-9-3-4-11(15)13(7-9)17-12-5-2-8(16)6-10(12)14/h2-7,17H,16H2,1H3. The van der Waals surface area contributed by atoms with Crippen LogP contribution in [-0.4, -0.2) is 7.11 Å². The maximum atomic E-state index is 6.13. The van der Waals surface area contributed by atoms with Gasteiger partial charge in [0, 0.05) is 16.2 Å². The molecule has 0 saturated carbocycles. The third-order valence-corrected chi connectivity index (χ3v) is 3.42. The van der Waals surface area contributed by atoms with E-state index in [1.807, 2.05) is 30.3 Å². The third-order valence-electron chi connectivity index (χ3n) is 2.44. The minimum atomic E-state index is 0.625. The normalized spacial score (nSPS) is 10.2. The average Bonchev–Trinajstić information content (AvgIpc) is 2.35. The van der Waals surface area contributed by atoms with Crippen molar-refractivity contribution in [3.05, 3.63) is 45.9 Å². The Morgan fingerprint density at radius 3 is 2.61 bits per heavy atom. The molecule has 3 N–H and O–H groups in total. The summed E-state index contributed by atoms with van der Waals surface area (Å²) in [6.45, 7) is 0. The number of halogens is 2. The monoisotopic (exact) mass is 326 g/mol. The predicted molar refractivity (Wildman–Crippen MR) is 79.8 cm³/mol. The first kappa shape index (κ1) is 13.1. The van der Waals surface area contributed by atoms with Crippen molar-refractivity contribution in [2.24, 2.45) is 0 Å². The summed E-state index contributed by atoms with van der Waals surface area (Å²) in [7, 11) is 1.62. The van der Waals surface area contributed by atoms with Crippen molar-refractivity contribution < 1.29 is 4.74 Å². The molecular weight excluding hydrogens is 316 g/mol. The summed E-state index contributed by atoms with van der Waals surface area (Å²) in [5, 5.41) is 3.85. The summed E-state index contributed by atoms with van der Waals surface area (Å²) in [6.07, 6.45) is 0. The average molecular weight is 328 g/mol. The number of nitrogens with two attached hydrogens (primary N) is 1. The van der Waals surface area contributed by atoms with Crippen LogP contribution in [0.1, 0.15) is 0 Å². The number of nitrogens with one attached hydrogen (secondary N) is 1. The highest BCUT2D eigenvalue weighted by Crippen LogP contribution is 2.33. The second-order valence-corrected chi connectivity index (χ2v) is 4.97. The van der Waals surface area contributed by atoms with Crippen LogP contribution in [0.15, 0.2) is 40.9 Å². The van der Waals surface area contributed by atoms with Gasteiger partial charge in [-0.15, -0.1) is 0 Å². The number of hydrogen-bond donors (Lipinski definition) is 2. The molecule has 0 aliphatic rings. The number of anilines is 3. The van der Waals surface area contributed by atoms with E-state index < -0.39 is 0 Å². The molecule has 0 unspecified atom stereocenters. The molecule has 0 aliphatic carbocycles. The van der Waals surface area contributed by atoms with Crippen LogP contribution >= 0.6 is 27.5 Å². The zero-order valence-corrected chi connectivity index (χ0v) is 12.0. The Morgan fingerprint density at radius 1 is 1.17 bits per heavy atom. The Bertz CT molecular complexity index is 575. The van der Waals surface area contributed by atoms with Gasteiger partial charge < -0.3 is 15.8 Å². The Kier molecular flexibility index (Phi) is 3.99. The van der Waals surface area contributed by atoms with E-state index in [4.69, 9.17) is 22.1 Å². The molecule has 0 aromatic heterocycles. The van der Waals surface area contributed by atoms with E-state index in [1.165, 1.54) is 0 Å². The van der Waals surface area contributed by atoms with Gasteiger partial charge in [-0.25, -0.2) is 0 Å². The minimum absolute atomic E-state index is 0.625. The summed E-state index contributed by atoms with van der Waals surface area (Å²) in [5.74, 6) is 0.744. The highest BCUT2D eigenvalue weighted by Gasteiger charge is 2.05. The largest absolute Gasteiger partial charge is 0.497 e. The van der Waals surface area contributed by atoms with Crippen molar-refractivity contribution in [1.29, 1.82) is 0 Å². The Balaban J connectivity index is 2.33. The van der Waals surface area contributed by atoms with Crippen molar-refractivity contribution in [1.82, 2.24) is 0 Å². The lowest BCUT2D eigenvalue weighted by Crippen LogP contribution is -1.94. The van der Waals surface area contributed by atoms with E-state index in [9.17, 15) is 0 Å². The fourth-order valence-electron chi connectivity index (χ4n) is 1.50. The predicted octanol–water partition coefficient (Wildman–Crippen LogP) is 4.44. The summed E-state index contributed by atoms with van der Waals surface area (Å²) >= 11 is 9.58. The molecular formula is C13H12BrClN2O. The van der Waals surface area contributed by atoms with Gasteiger partial charge >= 0.3 is 0 Å². The van der Waals surface area contributed by atoms with E-state index in [-0.39, 0.29) is 0 Å². The van der Waals surface area contributed by atoms with Crippen LogP contribution in [0, 0.1) is 0 Å². The highest BCUT2D eigenvalue weighted by atomic mass is 79.9. The van der Waals surface area contributed by atoms with Crippen molar-refractivity contribution in [3.8, 4) is 5.75 Å². The molecule has 18 heavy (non-hydrogen) atoms. The first-order valence-electron chi connectivity index (χ1n) is 5.26. The molecule has 0 aliphatic heterocycles. The van der Waals surface area contributed by atoms with Crippen molar-refractivity contribution >= 4 is 44.6 Å². The Labute approximate surface area is 119 Å². The van der Waals surface area contributed by atoms with Crippen molar-refractivity contribution in [3.63, 3.8) is 0 Å². The summed E-state index contributed by atoms with van der Waals surface area (Å²) < 4.78 is 6.04. The van der Waals surface area contributed by atoms with E-state index in [0.29, 0.717) is 10.7 Å². The molecule has 0 radical (unpaired) electrons. The van der Waals surface area contributed by atoms with Gasteiger partial charge in [0.25, 0.3) is 0 Å². The maximum Gasteiger partial charge on any atom is 0.121 e. The molecule has 0 saturated heterocycles. The van der Waals surface area contributed by atoms with Gasteiger partial charge in [0.15, 0.2) is 0 Å². The van der Waals surface area contributed by atoms with Crippen LogP contribution < -0.4 is 15.8 Å². The molecule has 0 amide bonds. The lowest BCUT2D eigenvalue weighted by atomic mass is 10.2. The van der Waals surface area contributed by atoms with Crippen molar-refractivity contribution in [2.75, 3.05) is 18.2 Å². The molecule has 0 spiro atoms. The van der Waals surface area contributed by atoms with Gasteiger partial charge in [-0.3, -0.25) is 0 Å². The molecule has 0 heterocycles. The smallest absolute Gasteiger partial charge is 0.121 e. The van der Waals surface area contributed by atoms with E-state index in [2.05, 4.69) is 21.2 Å². The van der Waals surface area contributed by atoms with Gasteiger partial charge in [0.1, 0.15) is 5.75 Å². The SMILES string of the molecule is COc1ccc(Cl)c(Nc2ccc(N)cc2Br)c1. The van der Waals surface area contributed by atoms with E-state index in [1.54, 1.807) is 13.2 Å². The first-order valence-corrected chi connectivity index (χ1v) is 6.43. The molecule has 2 rings (SSSR count). The second-order valence-electron chi connectivity index (χ2n) is 3.71. The van der Waals surface area contributed by atoms with Crippen LogP contribution in [0.5, 0.6) is 5.75 Å². The van der Waals surface area contributed by atoms with Crippen LogP contribution in [0.3, 0.4) is 0 Å². The van der Waals surface area contributed by atoms with Crippen LogP contribution in [0.4, 0.5) is 17.1 Å². The number of hydrogen-bond acceptors (Lipinski definition) is 3. The zero-order chi connectivity index (χ0) is 13.1. The Morgan fingerprint density at radius 2 is 1.94 bits per heavy atom. The number of benzene rings is 2. The number of methoxy groups -OCH3 is 1. The van der Waals surface area contributed by atoms with Gasteiger partial charge in [-0.1, -0.05) is 11.6 Å². The molecule has 94 valence electrons.